The molecule has 9 heteroatoms. The van der Waals surface area contributed by atoms with Gasteiger partial charge in [-0.15, -0.1) is 0 Å². The molecule has 0 spiro atoms. The molecule has 4 aromatic carbocycles. The SMILES string of the molecule is COC(=O)c1ccc2nncc(-c3cc4ccccc4o3)c2c1.OCc1ccc2nncc(-c3cc4ccccc4o3)c2c1. The maximum atomic E-state index is 11.8. The lowest BCUT2D eigenvalue weighted by Crippen LogP contribution is -2.01. The summed E-state index contributed by atoms with van der Waals surface area (Å²) in [6.07, 6.45) is 3.34. The lowest BCUT2D eigenvalue weighted by molar-refractivity contribution is 0.0601. The zero-order valence-electron chi connectivity index (χ0n) is 23.5. The smallest absolute Gasteiger partial charge is 0.337 e. The first-order valence-electron chi connectivity index (χ1n) is 13.8. The average Bonchev–Trinajstić information content (AvgIpc) is 3.72. The van der Waals surface area contributed by atoms with Gasteiger partial charge >= 0.3 is 5.97 Å². The van der Waals surface area contributed by atoms with Gasteiger partial charge in [-0.25, -0.2) is 4.79 Å². The summed E-state index contributed by atoms with van der Waals surface area (Å²) in [7, 11) is 1.36. The second-order valence-electron chi connectivity index (χ2n) is 10.0. The molecular formula is C35H24N4O5. The van der Waals surface area contributed by atoms with Gasteiger partial charge < -0.3 is 18.7 Å². The fourth-order valence-corrected chi connectivity index (χ4v) is 5.13. The quantitative estimate of drug-likeness (QED) is 0.213. The van der Waals surface area contributed by atoms with Crippen LogP contribution < -0.4 is 0 Å². The van der Waals surface area contributed by atoms with E-state index in [0.717, 1.165) is 60.7 Å². The average molecular weight is 581 g/mol. The van der Waals surface area contributed by atoms with Crippen molar-refractivity contribution in [1.82, 2.24) is 20.4 Å². The van der Waals surface area contributed by atoms with Gasteiger partial charge in [0.25, 0.3) is 0 Å². The molecule has 1 N–H and O–H groups in total. The molecule has 0 unspecified atom stereocenters. The summed E-state index contributed by atoms with van der Waals surface area (Å²) in [6.45, 7) is -0.00215. The van der Waals surface area contributed by atoms with Crippen LogP contribution in [0.3, 0.4) is 0 Å². The number of hydrogen-bond donors (Lipinski definition) is 1. The summed E-state index contributed by atoms with van der Waals surface area (Å²) in [6, 6.07) is 30.4. The van der Waals surface area contributed by atoms with Crippen molar-refractivity contribution in [2.75, 3.05) is 7.11 Å². The zero-order chi connectivity index (χ0) is 30.0. The standard InChI is InChI=1S/C18H12N2O3.C17H12N2O2/c1-22-18(21)12-6-7-15-13(8-12)14(10-19-20-15)17-9-11-4-2-3-5-16(11)23-17;20-10-11-5-6-15-13(7-11)14(9-18-19-15)17-8-12-3-1-2-4-16(12)21-17/h2-10H,1H3;1-9,20H,10H2. The summed E-state index contributed by atoms with van der Waals surface area (Å²) < 4.78 is 16.6. The van der Waals surface area contributed by atoms with Crippen LogP contribution in [0.25, 0.3) is 66.4 Å². The molecule has 0 atom stereocenters. The number of furan rings is 2. The van der Waals surface area contributed by atoms with Gasteiger partial charge in [-0.3, -0.25) is 0 Å². The van der Waals surface area contributed by atoms with E-state index in [2.05, 4.69) is 20.4 Å². The zero-order valence-corrected chi connectivity index (χ0v) is 23.5. The number of aliphatic hydroxyl groups is 1. The first kappa shape index (κ1) is 26.9. The van der Waals surface area contributed by atoms with Crippen LogP contribution in [0.4, 0.5) is 0 Å². The molecule has 0 saturated carbocycles. The maximum absolute atomic E-state index is 11.8. The third-order valence-corrected chi connectivity index (χ3v) is 7.33. The van der Waals surface area contributed by atoms with Gasteiger partial charge in [0, 0.05) is 32.7 Å². The number of carbonyl (C=O) groups excluding carboxylic acids is 1. The summed E-state index contributed by atoms with van der Waals surface area (Å²) in [5.41, 5.74) is 6.09. The minimum atomic E-state index is -0.390. The summed E-state index contributed by atoms with van der Waals surface area (Å²) in [5.74, 6) is 1.05. The number of aromatic nitrogens is 4. The number of nitrogens with zero attached hydrogens (tertiary/aromatic N) is 4. The normalized spacial score (nSPS) is 11.1. The predicted octanol–water partition coefficient (Wildman–Crippen LogP) is 7.36. The molecule has 0 radical (unpaired) electrons. The number of esters is 1. The van der Waals surface area contributed by atoms with Crippen molar-refractivity contribution in [3.8, 4) is 22.6 Å². The van der Waals surface area contributed by atoms with Gasteiger partial charge in [-0.1, -0.05) is 42.5 Å². The number of para-hydroxylation sites is 2. The van der Waals surface area contributed by atoms with Crippen LogP contribution in [0, 0.1) is 0 Å². The van der Waals surface area contributed by atoms with Crippen LogP contribution >= 0.6 is 0 Å². The molecule has 0 aliphatic carbocycles. The minimum absolute atomic E-state index is 0.00215. The number of methoxy groups -OCH3 is 1. The summed E-state index contributed by atoms with van der Waals surface area (Å²) in [5, 5.41) is 29.4. The third kappa shape index (κ3) is 5.01. The molecule has 9 nitrogen and oxygen atoms in total. The Labute approximate surface area is 250 Å². The lowest BCUT2D eigenvalue weighted by atomic mass is 10.1. The number of benzene rings is 4. The van der Waals surface area contributed by atoms with E-state index in [0.29, 0.717) is 16.8 Å². The number of ether oxygens (including phenoxy) is 1. The second-order valence-corrected chi connectivity index (χ2v) is 10.0. The number of rotatable bonds is 4. The molecule has 8 aromatic rings. The van der Waals surface area contributed by atoms with Crippen LogP contribution in [0.5, 0.6) is 0 Å². The molecule has 214 valence electrons. The Hall–Kier alpha value is -5.93. The van der Waals surface area contributed by atoms with Gasteiger partial charge in [0.05, 0.1) is 42.7 Å². The molecule has 0 saturated heterocycles. The molecule has 0 fully saturated rings. The van der Waals surface area contributed by atoms with Gasteiger partial charge in [-0.2, -0.15) is 20.4 Å². The molecular weight excluding hydrogens is 556 g/mol. The lowest BCUT2D eigenvalue weighted by Gasteiger charge is -2.04. The summed E-state index contributed by atoms with van der Waals surface area (Å²) in [4.78, 5) is 11.8. The molecule has 8 rings (SSSR count). The molecule has 0 bridgehead atoms. The first-order valence-corrected chi connectivity index (χ1v) is 13.8. The maximum Gasteiger partial charge on any atom is 0.337 e. The Bertz CT molecular complexity index is 2240. The highest BCUT2D eigenvalue weighted by molar-refractivity contribution is 6.00. The predicted molar refractivity (Wildman–Crippen MR) is 167 cm³/mol. The van der Waals surface area contributed by atoms with E-state index in [-0.39, 0.29) is 12.6 Å². The van der Waals surface area contributed by atoms with E-state index in [1.165, 1.54) is 7.11 Å². The van der Waals surface area contributed by atoms with Crippen molar-refractivity contribution in [3.05, 3.63) is 121 Å². The number of aliphatic hydroxyl groups excluding tert-OH is 1. The van der Waals surface area contributed by atoms with Gasteiger partial charge in [0.2, 0.25) is 0 Å². The highest BCUT2D eigenvalue weighted by Crippen LogP contribution is 2.33. The Morgan fingerprint density at radius 2 is 1.25 bits per heavy atom. The monoisotopic (exact) mass is 580 g/mol. The number of fused-ring (bicyclic) bond motifs is 4. The first-order chi connectivity index (χ1) is 21.6. The van der Waals surface area contributed by atoms with Crippen LogP contribution in [0.1, 0.15) is 15.9 Å². The topological polar surface area (TPSA) is 124 Å². The third-order valence-electron chi connectivity index (χ3n) is 7.33. The van der Waals surface area contributed by atoms with Crippen LogP contribution in [0.2, 0.25) is 0 Å². The van der Waals surface area contributed by atoms with Crippen LogP contribution in [-0.2, 0) is 11.3 Å². The van der Waals surface area contributed by atoms with Crippen molar-refractivity contribution in [1.29, 1.82) is 0 Å². The van der Waals surface area contributed by atoms with Crippen LogP contribution in [-0.4, -0.2) is 38.6 Å². The van der Waals surface area contributed by atoms with Crippen molar-refractivity contribution in [2.24, 2.45) is 0 Å². The number of hydrogen-bond acceptors (Lipinski definition) is 9. The van der Waals surface area contributed by atoms with Crippen molar-refractivity contribution >= 4 is 49.7 Å². The van der Waals surface area contributed by atoms with Crippen molar-refractivity contribution in [3.63, 3.8) is 0 Å². The van der Waals surface area contributed by atoms with E-state index in [1.54, 1.807) is 30.6 Å². The highest BCUT2D eigenvalue weighted by atomic mass is 16.5. The molecule has 4 aromatic heterocycles. The summed E-state index contributed by atoms with van der Waals surface area (Å²) >= 11 is 0. The van der Waals surface area contributed by atoms with E-state index in [1.807, 2.05) is 78.9 Å². The van der Waals surface area contributed by atoms with E-state index >= 15 is 0 Å². The Balaban J connectivity index is 0.000000143. The molecule has 4 heterocycles. The van der Waals surface area contributed by atoms with Gasteiger partial charge in [0.1, 0.15) is 22.7 Å². The van der Waals surface area contributed by atoms with Crippen molar-refractivity contribution in [2.45, 2.75) is 6.61 Å². The molecule has 0 aliphatic heterocycles. The Kier molecular flexibility index (Phi) is 6.97. The highest BCUT2D eigenvalue weighted by Gasteiger charge is 2.14. The van der Waals surface area contributed by atoms with E-state index in [9.17, 15) is 9.90 Å². The van der Waals surface area contributed by atoms with E-state index in [4.69, 9.17) is 13.6 Å². The number of carbonyl (C=O) groups is 1. The largest absolute Gasteiger partial charge is 0.465 e. The fourth-order valence-electron chi connectivity index (χ4n) is 5.13. The fraction of sp³-hybridized carbons (Fsp3) is 0.0571. The Morgan fingerprint density at radius 3 is 1.80 bits per heavy atom. The molecule has 0 aliphatic rings. The Morgan fingerprint density at radius 1 is 0.705 bits per heavy atom. The van der Waals surface area contributed by atoms with Crippen LogP contribution in [0.15, 0.2) is 118 Å². The van der Waals surface area contributed by atoms with Gasteiger partial charge in [0.15, 0.2) is 0 Å². The second kappa shape index (κ2) is 11.4. The van der Waals surface area contributed by atoms with Crippen molar-refractivity contribution < 1.29 is 23.5 Å². The minimum Gasteiger partial charge on any atom is -0.465 e. The molecule has 0 amide bonds. The molecule has 44 heavy (non-hydrogen) atoms. The van der Waals surface area contributed by atoms with Gasteiger partial charge in [-0.05, 0) is 60.2 Å². The van der Waals surface area contributed by atoms with E-state index < -0.39 is 0 Å².